The van der Waals surface area contributed by atoms with Crippen molar-refractivity contribution in [1.82, 2.24) is 0 Å². The average molecular weight is 278 g/mol. The third-order valence-electron chi connectivity index (χ3n) is 2.15. The van der Waals surface area contributed by atoms with E-state index in [1.54, 1.807) is 13.8 Å². The highest BCUT2D eigenvalue weighted by Gasteiger charge is 2.50. The Morgan fingerprint density at radius 1 is 1.00 bits per heavy atom. The first-order valence-electron chi connectivity index (χ1n) is 6.05. The van der Waals surface area contributed by atoms with Crippen molar-refractivity contribution in [3.63, 3.8) is 0 Å². The van der Waals surface area contributed by atoms with Gasteiger partial charge in [-0.3, -0.25) is 4.79 Å². The summed E-state index contributed by atoms with van der Waals surface area (Å²) < 4.78 is 24.6. The molecule has 0 aliphatic heterocycles. The summed E-state index contributed by atoms with van der Waals surface area (Å²) in [6.07, 6.45) is 0.666. The number of rotatable bonds is 11. The summed E-state index contributed by atoms with van der Waals surface area (Å²) in [6.45, 7) is 2.97. The zero-order valence-corrected chi connectivity index (χ0v) is 11.9. The largest absolute Gasteiger partial charge is 0.462 e. The van der Waals surface area contributed by atoms with E-state index in [2.05, 4.69) is 0 Å². The van der Waals surface area contributed by atoms with Crippen molar-refractivity contribution in [3.05, 3.63) is 0 Å². The lowest BCUT2D eigenvalue weighted by Gasteiger charge is -2.29. The Bertz CT molecular complexity index is 249. The van der Waals surface area contributed by atoms with Gasteiger partial charge < -0.3 is 23.7 Å². The van der Waals surface area contributed by atoms with Crippen molar-refractivity contribution in [2.24, 2.45) is 0 Å². The summed E-state index contributed by atoms with van der Waals surface area (Å²) in [5, 5.41) is 0. The molecular weight excluding hydrogens is 256 g/mol. The van der Waals surface area contributed by atoms with Gasteiger partial charge >= 0.3 is 11.8 Å². The monoisotopic (exact) mass is 278 g/mol. The van der Waals surface area contributed by atoms with E-state index in [-0.39, 0.29) is 26.6 Å². The maximum atomic E-state index is 12.1. The molecule has 0 unspecified atom stereocenters. The van der Waals surface area contributed by atoms with E-state index in [0.717, 1.165) is 0 Å². The van der Waals surface area contributed by atoms with Crippen LogP contribution in [0.1, 0.15) is 26.7 Å². The number of hydrogen-bond acceptors (Lipinski definition) is 7. The van der Waals surface area contributed by atoms with Crippen molar-refractivity contribution < 1.29 is 33.3 Å². The standard InChI is InChI=1S/C12H22O7/c1-5-7-10(13)12(18-8-15-3,19-9-16-4)11(14)17-6-2/h5-9H2,1-4H3. The van der Waals surface area contributed by atoms with E-state index in [4.69, 9.17) is 23.7 Å². The molecule has 0 amide bonds. The first-order chi connectivity index (χ1) is 9.08. The van der Waals surface area contributed by atoms with Gasteiger partial charge in [-0.05, 0) is 13.3 Å². The molecule has 0 saturated heterocycles. The molecule has 112 valence electrons. The molecule has 0 aromatic carbocycles. The van der Waals surface area contributed by atoms with E-state index in [0.29, 0.717) is 6.42 Å². The van der Waals surface area contributed by atoms with Gasteiger partial charge in [-0.2, -0.15) is 0 Å². The van der Waals surface area contributed by atoms with Crippen molar-refractivity contribution >= 4 is 11.8 Å². The summed E-state index contributed by atoms with van der Waals surface area (Å²) >= 11 is 0. The average Bonchev–Trinajstić information content (AvgIpc) is 2.40. The highest BCUT2D eigenvalue weighted by molar-refractivity contribution is 6.05. The molecule has 0 rings (SSSR count). The van der Waals surface area contributed by atoms with E-state index in [1.807, 2.05) is 0 Å². The van der Waals surface area contributed by atoms with Gasteiger partial charge in [0.1, 0.15) is 0 Å². The predicted octanol–water partition coefficient (Wildman–Crippen LogP) is 0.856. The quantitative estimate of drug-likeness (QED) is 0.315. The van der Waals surface area contributed by atoms with Crippen molar-refractivity contribution in [3.8, 4) is 0 Å². The number of carbonyl (C=O) groups is 2. The molecule has 0 saturated carbocycles. The zero-order valence-electron chi connectivity index (χ0n) is 11.9. The Morgan fingerprint density at radius 2 is 1.53 bits per heavy atom. The summed E-state index contributed by atoms with van der Waals surface area (Å²) in [6, 6.07) is 0. The minimum atomic E-state index is -2.13. The third-order valence-corrected chi connectivity index (χ3v) is 2.15. The molecule has 0 atom stereocenters. The van der Waals surface area contributed by atoms with Gasteiger partial charge in [0.05, 0.1) is 6.61 Å². The third kappa shape index (κ3) is 5.23. The van der Waals surface area contributed by atoms with E-state index < -0.39 is 17.5 Å². The fourth-order valence-corrected chi connectivity index (χ4v) is 1.34. The topological polar surface area (TPSA) is 80.3 Å². The number of methoxy groups -OCH3 is 2. The molecule has 19 heavy (non-hydrogen) atoms. The van der Waals surface area contributed by atoms with Crippen LogP contribution in [-0.4, -0.2) is 52.0 Å². The normalized spacial score (nSPS) is 11.4. The summed E-state index contributed by atoms with van der Waals surface area (Å²) in [7, 11) is 2.74. The fourth-order valence-electron chi connectivity index (χ4n) is 1.34. The fraction of sp³-hybridized carbons (Fsp3) is 0.833. The van der Waals surface area contributed by atoms with Crippen LogP contribution in [0, 0.1) is 0 Å². The number of Topliss-reactive ketones (excluding diaryl/α,β-unsaturated/α-hetero) is 1. The number of esters is 1. The van der Waals surface area contributed by atoms with E-state index in [1.165, 1.54) is 14.2 Å². The summed E-state index contributed by atoms with van der Waals surface area (Å²) in [4.78, 5) is 24.1. The number of hydrogen-bond donors (Lipinski definition) is 0. The molecule has 0 aliphatic rings. The van der Waals surface area contributed by atoms with Crippen LogP contribution in [-0.2, 0) is 33.3 Å². The van der Waals surface area contributed by atoms with Gasteiger partial charge in [0.25, 0.3) is 0 Å². The molecule has 0 aromatic rings. The van der Waals surface area contributed by atoms with Crippen molar-refractivity contribution in [2.45, 2.75) is 32.5 Å². The summed E-state index contributed by atoms with van der Waals surface area (Å²) in [5.41, 5.74) is 0. The SMILES string of the molecule is CCCC(=O)C(OCOC)(OCOC)C(=O)OCC. The molecule has 7 heteroatoms. The first kappa shape index (κ1) is 18.0. The maximum absolute atomic E-state index is 12.1. The number of ether oxygens (including phenoxy) is 5. The minimum Gasteiger partial charge on any atom is -0.462 e. The Morgan fingerprint density at radius 3 is 1.89 bits per heavy atom. The van der Waals surface area contributed by atoms with Gasteiger partial charge in [0, 0.05) is 20.6 Å². The van der Waals surface area contributed by atoms with Gasteiger partial charge in [-0.15, -0.1) is 0 Å². The van der Waals surface area contributed by atoms with Gasteiger partial charge in [-0.1, -0.05) is 6.92 Å². The molecular formula is C12H22O7. The van der Waals surface area contributed by atoms with Gasteiger partial charge in [-0.25, -0.2) is 4.79 Å². The smallest absolute Gasteiger partial charge is 0.375 e. The van der Waals surface area contributed by atoms with Crippen molar-refractivity contribution in [2.75, 3.05) is 34.4 Å². The Labute approximate surface area is 113 Å². The summed E-state index contributed by atoms with van der Waals surface area (Å²) in [5.74, 6) is -3.55. The van der Waals surface area contributed by atoms with Gasteiger partial charge in [0.2, 0.25) is 5.78 Å². The van der Waals surface area contributed by atoms with Gasteiger partial charge in [0.15, 0.2) is 13.6 Å². The predicted molar refractivity (Wildman–Crippen MR) is 65.2 cm³/mol. The first-order valence-corrected chi connectivity index (χ1v) is 6.05. The van der Waals surface area contributed by atoms with Crippen LogP contribution in [0.2, 0.25) is 0 Å². The minimum absolute atomic E-state index is 0.104. The molecule has 0 aromatic heterocycles. The molecule has 0 fully saturated rings. The lowest BCUT2D eigenvalue weighted by molar-refractivity contribution is -0.277. The molecule has 0 heterocycles. The molecule has 0 N–H and O–H groups in total. The maximum Gasteiger partial charge on any atom is 0.375 e. The number of ketones is 1. The van der Waals surface area contributed by atoms with Crippen LogP contribution in [0.15, 0.2) is 0 Å². The molecule has 0 radical (unpaired) electrons. The molecule has 0 spiro atoms. The van der Waals surface area contributed by atoms with E-state index >= 15 is 0 Å². The van der Waals surface area contributed by atoms with Crippen LogP contribution >= 0.6 is 0 Å². The second-order valence-corrected chi connectivity index (χ2v) is 3.61. The van der Waals surface area contributed by atoms with Crippen LogP contribution in [0.3, 0.4) is 0 Å². The molecule has 0 bridgehead atoms. The molecule has 7 nitrogen and oxygen atoms in total. The number of carbonyl (C=O) groups excluding carboxylic acids is 2. The lowest BCUT2D eigenvalue weighted by Crippen LogP contribution is -2.53. The Balaban J connectivity index is 5.16. The second kappa shape index (κ2) is 9.85. The highest BCUT2D eigenvalue weighted by atomic mass is 16.8. The zero-order chi connectivity index (χ0) is 14.7. The second-order valence-electron chi connectivity index (χ2n) is 3.61. The Hall–Kier alpha value is -1.02. The van der Waals surface area contributed by atoms with Crippen molar-refractivity contribution in [1.29, 1.82) is 0 Å². The van der Waals surface area contributed by atoms with Crippen LogP contribution in [0.25, 0.3) is 0 Å². The molecule has 0 aliphatic carbocycles. The van der Waals surface area contributed by atoms with Crippen LogP contribution < -0.4 is 0 Å². The Kier molecular flexibility index (Phi) is 9.32. The van der Waals surface area contributed by atoms with Crippen LogP contribution in [0.4, 0.5) is 0 Å². The highest BCUT2D eigenvalue weighted by Crippen LogP contribution is 2.20. The lowest BCUT2D eigenvalue weighted by atomic mass is 10.1. The van der Waals surface area contributed by atoms with Crippen LogP contribution in [0.5, 0.6) is 0 Å². The van der Waals surface area contributed by atoms with E-state index in [9.17, 15) is 9.59 Å².